The quantitative estimate of drug-likeness (QED) is 0.526. The smallest absolute Gasteiger partial charge is 0.198 e. The predicted octanol–water partition coefficient (Wildman–Crippen LogP) is 4.14. The maximum atomic E-state index is 13.3. The summed E-state index contributed by atoms with van der Waals surface area (Å²) < 4.78 is 13.3. The van der Waals surface area contributed by atoms with Crippen molar-refractivity contribution >= 4 is 11.6 Å². The van der Waals surface area contributed by atoms with E-state index in [0.717, 1.165) is 28.2 Å². The molecule has 0 amide bonds. The number of hydrogen-bond donors (Lipinski definition) is 4. The maximum Gasteiger partial charge on any atom is 0.198 e. The Kier molecular flexibility index (Phi) is 4.86. The van der Waals surface area contributed by atoms with Crippen molar-refractivity contribution < 1.29 is 4.39 Å². The van der Waals surface area contributed by atoms with Gasteiger partial charge in [0.15, 0.2) is 11.6 Å². The van der Waals surface area contributed by atoms with Crippen LogP contribution in [0.15, 0.2) is 59.6 Å². The molecule has 2 heterocycles. The Balaban J connectivity index is 1.74. The Bertz CT molecular complexity index is 1080. The molecule has 7 heteroatoms. The van der Waals surface area contributed by atoms with Crippen molar-refractivity contribution in [3.63, 3.8) is 0 Å². The summed E-state index contributed by atoms with van der Waals surface area (Å²) in [6.45, 7) is 8.28. The number of nitrogens with two attached hydrogens (primary N) is 1. The van der Waals surface area contributed by atoms with E-state index < -0.39 is 5.66 Å². The number of benzene rings is 2. The van der Waals surface area contributed by atoms with Gasteiger partial charge in [0.25, 0.3) is 0 Å². The van der Waals surface area contributed by atoms with Crippen LogP contribution >= 0.6 is 0 Å². The van der Waals surface area contributed by atoms with Gasteiger partial charge in [-0.15, -0.1) is 0 Å². The SMILES string of the molecule is C[C@H](N=C1Nc2ccccc2C(N)(c2cc(C(C)(C)C)n[nH]2)N1)c1ccc(F)cc1. The number of rotatable bonds is 3. The van der Waals surface area contributed by atoms with Gasteiger partial charge in [0, 0.05) is 16.7 Å². The molecule has 1 aliphatic heterocycles. The number of aliphatic imine (C=N–C) groups is 1. The van der Waals surface area contributed by atoms with Crippen LogP contribution in [0.25, 0.3) is 0 Å². The zero-order chi connectivity index (χ0) is 21.5. The zero-order valence-corrected chi connectivity index (χ0v) is 17.6. The fraction of sp³-hybridized carbons (Fsp3) is 0.304. The van der Waals surface area contributed by atoms with E-state index in [-0.39, 0.29) is 17.3 Å². The second-order valence-electron chi connectivity index (χ2n) is 8.73. The Morgan fingerprint density at radius 1 is 1.10 bits per heavy atom. The highest BCUT2D eigenvalue weighted by molar-refractivity contribution is 5.98. The average Bonchev–Trinajstić information content (AvgIpc) is 3.20. The highest BCUT2D eigenvalue weighted by atomic mass is 19.1. The largest absolute Gasteiger partial charge is 0.329 e. The number of aromatic amines is 1. The minimum absolute atomic E-state index is 0.106. The lowest BCUT2D eigenvalue weighted by Gasteiger charge is -2.38. The first-order chi connectivity index (χ1) is 14.2. The van der Waals surface area contributed by atoms with Crippen molar-refractivity contribution in [3.05, 3.63) is 82.9 Å². The van der Waals surface area contributed by atoms with Gasteiger partial charge in [0.1, 0.15) is 5.82 Å². The summed E-state index contributed by atoms with van der Waals surface area (Å²) in [6, 6.07) is 16.0. The molecule has 4 rings (SSSR count). The van der Waals surface area contributed by atoms with E-state index in [1.807, 2.05) is 37.3 Å². The second kappa shape index (κ2) is 7.25. The van der Waals surface area contributed by atoms with E-state index in [1.54, 1.807) is 12.1 Å². The van der Waals surface area contributed by atoms with E-state index >= 15 is 0 Å². The minimum Gasteiger partial charge on any atom is -0.329 e. The summed E-state index contributed by atoms with van der Waals surface area (Å²) in [4.78, 5) is 4.77. The highest BCUT2D eigenvalue weighted by Gasteiger charge is 2.39. The van der Waals surface area contributed by atoms with E-state index in [2.05, 4.69) is 41.6 Å². The third kappa shape index (κ3) is 3.68. The van der Waals surface area contributed by atoms with Gasteiger partial charge in [-0.25, -0.2) is 9.38 Å². The number of guanidine groups is 1. The molecule has 2 atom stereocenters. The van der Waals surface area contributed by atoms with Crippen LogP contribution < -0.4 is 16.4 Å². The van der Waals surface area contributed by atoms with Crippen LogP contribution in [0.5, 0.6) is 0 Å². The molecule has 1 unspecified atom stereocenters. The number of nitrogens with zero attached hydrogens (tertiary/aromatic N) is 2. The Morgan fingerprint density at radius 2 is 1.80 bits per heavy atom. The zero-order valence-electron chi connectivity index (χ0n) is 17.6. The fourth-order valence-electron chi connectivity index (χ4n) is 3.54. The summed E-state index contributed by atoms with van der Waals surface area (Å²) in [6.07, 6.45) is 0. The lowest BCUT2D eigenvalue weighted by Crippen LogP contribution is -2.59. The van der Waals surface area contributed by atoms with Gasteiger partial charge < -0.3 is 10.6 Å². The van der Waals surface area contributed by atoms with Crippen molar-refractivity contribution in [3.8, 4) is 0 Å². The van der Waals surface area contributed by atoms with Crippen molar-refractivity contribution in [2.45, 2.75) is 44.8 Å². The molecule has 0 bridgehead atoms. The van der Waals surface area contributed by atoms with E-state index in [1.165, 1.54) is 12.1 Å². The highest BCUT2D eigenvalue weighted by Crippen LogP contribution is 2.34. The van der Waals surface area contributed by atoms with Gasteiger partial charge in [-0.3, -0.25) is 10.8 Å². The molecule has 6 nitrogen and oxygen atoms in total. The van der Waals surface area contributed by atoms with Gasteiger partial charge >= 0.3 is 0 Å². The molecule has 3 aromatic rings. The molecule has 5 N–H and O–H groups in total. The summed E-state index contributed by atoms with van der Waals surface area (Å²) in [7, 11) is 0. The van der Waals surface area contributed by atoms with Crippen molar-refractivity contribution in [2.75, 3.05) is 5.32 Å². The van der Waals surface area contributed by atoms with Crippen molar-refractivity contribution in [1.29, 1.82) is 0 Å². The number of H-pyrrole nitrogens is 1. The molecular formula is C23H27FN6. The Labute approximate surface area is 175 Å². The first-order valence-corrected chi connectivity index (χ1v) is 10.00. The number of hydrogen-bond acceptors (Lipinski definition) is 3. The number of fused-ring (bicyclic) bond motifs is 1. The van der Waals surface area contributed by atoms with Gasteiger partial charge in [-0.2, -0.15) is 5.10 Å². The van der Waals surface area contributed by atoms with Gasteiger partial charge in [0.2, 0.25) is 0 Å². The molecular weight excluding hydrogens is 379 g/mol. The molecule has 0 spiro atoms. The number of nitrogens with one attached hydrogen (secondary N) is 3. The Morgan fingerprint density at radius 3 is 2.47 bits per heavy atom. The minimum atomic E-state index is -1.03. The first kappa shape index (κ1) is 20.1. The monoisotopic (exact) mass is 406 g/mol. The lowest BCUT2D eigenvalue weighted by atomic mass is 9.89. The molecule has 2 aromatic carbocycles. The summed E-state index contributed by atoms with van der Waals surface area (Å²) in [5.41, 5.74) is 10.1. The predicted molar refractivity (Wildman–Crippen MR) is 118 cm³/mol. The molecule has 1 aliphatic rings. The first-order valence-electron chi connectivity index (χ1n) is 10.00. The second-order valence-corrected chi connectivity index (χ2v) is 8.73. The van der Waals surface area contributed by atoms with Crippen LogP contribution in [0.4, 0.5) is 10.1 Å². The van der Waals surface area contributed by atoms with E-state index in [9.17, 15) is 4.39 Å². The third-order valence-electron chi connectivity index (χ3n) is 5.37. The van der Waals surface area contributed by atoms with Crippen LogP contribution in [0, 0.1) is 5.82 Å². The summed E-state index contributed by atoms with van der Waals surface area (Å²) in [5.74, 6) is 0.274. The maximum absolute atomic E-state index is 13.3. The number of para-hydroxylation sites is 1. The van der Waals surface area contributed by atoms with Gasteiger partial charge in [-0.1, -0.05) is 51.1 Å². The van der Waals surface area contributed by atoms with Gasteiger partial charge in [-0.05, 0) is 36.8 Å². The van der Waals surface area contributed by atoms with Crippen LogP contribution in [0.3, 0.4) is 0 Å². The van der Waals surface area contributed by atoms with E-state index in [0.29, 0.717) is 5.96 Å². The van der Waals surface area contributed by atoms with Crippen molar-refractivity contribution in [2.24, 2.45) is 10.7 Å². The van der Waals surface area contributed by atoms with Crippen LogP contribution in [0.1, 0.15) is 56.3 Å². The summed E-state index contributed by atoms with van der Waals surface area (Å²) in [5, 5.41) is 14.3. The Hall–Kier alpha value is -3.19. The van der Waals surface area contributed by atoms with E-state index in [4.69, 9.17) is 10.7 Å². The number of halogens is 1. The molecule has 156 valence electrons. The summed E-state index contributed by atoms with van der Waals surface area (Å²) >= 11 is 0. The topological polar surface area (TPSA) is 91.1 Å². The van der Waals surface area contributed by atoms with Gasteiger partial charge in [0.05, 0.1) is 17.4 Å². The molecule has 0 aliphatic carbocycles. The van der Waals surface area contributed by atoms with Crippen LogP contribution in [0.2, 0.25) is 0 Å². The average molecular weight is 407 g/mol. The van der Waals surface area contributed by atoms with Crippen molar-refractivity contribution in [1.82, 2.24) is 15.5 Å². The van der Waals surface area contributed by atoms with Crippen LogP contribution in [-0.4, -0.2) is 16.2 Å². The third-order valence-corrected chi connectivity index (χ3v) is 5.37. The molecule has 0 saturated carbocycles. The normalized spacial score (nSPS) is 20.9. The molecule has 0 fully saturated rings. The molecule has 0 saturated heterocycles. The standard InChI is InChI=1S/C23H27FN6/c1-14(15-9-11-16(24)12-10-15)26-21-27-18-8-6-5-7-17(18)23(25,28-21)20-13-19(29-30-20)22(2,3)4/h5-14H,25H2,1-4H3,(H,29,30)(H2,26,27,28)/t14-,23?/m0/s1. The number of aromatic nitrogens is 2. The lowest BCUT2D eigenvalue weighted by molar-refractivity contribution is 0.474. The number of anilines is 1. The molecule has 30 heavy (non-hydrogen) atoms. The fourth-order valence-corrected chi connectivity index (χ4v) is 3.54. The molecule has 1 aromatic heterocycles. The molecule has 0 radical (unpaired) electrons. The van der Waals surface area contributed by atoms with Crippen LogP contribution in [-0.2, 0) is 11.1 Å².